The van der Waals surface area contributed by atoms with E-state index in [1.807, 2.05) is 6.07 Å². The van der Waals surface area contributed by atoms with Crippen LogP contribution >= 0.6 is 0 Å². The fourth-order valence-electron chi connectivity index (χ4n) is 4.25. The van der Waals surface area contributed by atoms with Crippen molar-refractivity contribution >= 4 is 17.3 Å². The first-order valence-electron chi connectivity index (χ1n) is 11.3. The second-order valence-electron chi connectivity index (χ2n) is 9.65. The van der Waals surface area contributed by atoms with Crippen LogP contribution in [0.1, 0.15) is 68.9 Å². The van der Waals surface area contributed by atoms with Crippen LogP contribution < -0.4 is 9.46 Å². The third-order valence-electron chi connectivity index (χ3n) is 5.66. The maximum atomic E-state index is 13.2. The molecule has 1 heterocycles. The van der Waals surface area contributed by atoms with Crippen molar-refractivity contribution in [2.24, 2.45) is 5.92 Å². The highest BCUT2D eigenvalue weighted by Crippen LogP contribution is 2.37. The average Bonchev–Trinajstić information content (AvgIpc) is 3.10. The maximum absolute atomic E-state index is 13.2. The van der Waals surface area contributed by atoms with Crippen molar-refractivity contribution in [1.29, 1.82) is 5.26 Å². The van der Waals surface area contributed by atoms with Crippen molar-refractivity contribution in [2.45, 2.75) is 76.2 Å². The van der Waals surface area contributed by atoms with Crippen LogP contribution in [-0.4, -0.2) is 32.1 Å². The molecule has 0 saturated heterocycles. The zero-order valence-electron chi connectivity index (χ0n) is 19.7. The predicted octanol–water partition coefficient (Wildman–Crippen LogP) is 5.61. The summed E-state index contributed by atoms with van der Waals surface area (Å²) in [6.45, 7) is 5.54. The molecule has 0 spiro atoms. The van der Waals surface area contributed by atoms with Gasteiger partial charge in [-0.05, 0) is 63.8 Å². The van der Waals surface area contributed by atoms with Gasteiger partial charge in [0.1, 0.15) is 11.8 Å². The molecule has 1 aromatic carbocycles. The Bertz CT molecular complexity index is 1110. The summed E-state index contributed by atoms with van der Waals surface area (Å²) in [5, 5.41) is 19.3. The Balaban J connectivity index is 2.12. The first kappa shape index (κ1) is 26.9. The highest BCUT2D eigenvalue weighted by molar-refractivity contribution is 7.89. The zero-order chi connectivity index (χ0) is 26.0. The van der Waals surface area contributed by atoms with Gasteiger partial charge in [-0.2, -0.15) is 5.26 Å². The van der Waals surface area contributed by atoms with E-state index in [0.717, 1.165) is 38.2 Å². The summed E-state index contributed by atoms with van der Waals surface area (Å²) < 4.78 is 60.9. The summed E-state index contributed by atoms with van der Waals surface area (Å²) in [5.74, 6) is -1.74. The molecule has 1 unspecified atom stereocenters. The second-order valence-corrected chi connectivity index (χ2v) is 10.8. The SMILES string of the molecule is CC(C)(C)N[S+]([O-])c1ccc(-c2cc(C(=O)O)c(C#N)n2CC2CCCCC2)cc1OC(F)(F)F. The van der Waals surface area contributed by atoms with Gasteiger partial charge in [0, 0.05) is 12.1 Å². The standard InChI is InChI=1S/C24H28F3N3O4S/c1-23(2,3)29-35(33)21-10-9-16(11-20(21)34-24(25,26)27)18-12-17(22(31)32)19(13-28)30(18)14-15-7-5-4-6-8-15/h9-12,15,29H,4-8,14H2,1-3H3,(H,31,32). The van der Waals surface area contributed by atoms with Gasteiger partial charge >= 0.3 is 12.3 Å². The highest BCUT2D eigenvalue weighted by Gasteiger charge is 2.36. The minimum atomic E-state index is -5.03. The third-order valence-corrected chi connectivity index (χ3v) is 7.20. The Hall–Kier alpha value is -2.68. The number of nitrogens with one attached hydrogen (secondary N) is 1. The Morgan fingerprint density at radius 2 is 1.91 bits per heavy atom. The summed E-state index contributed by atoms with van der Waals surface area (Å²) in [7, 11) is 0. The number of aromatic nitrogens is 1. The molecule has 0 amide bonds. The van der Waals surface area contributed by atoms with Crippen molar-refractivity contribution in [3.63, 3.8) is 0 Å². The van der Waals surface area contributed by atoms with Gasteiger partial charge in [-0.3, -0.25) is 0 Å². The van der Waals surface area contributed by atoms with E-state index >= 15 is 0 Å². The van der Waals surface area contributed by atoms with Crippen LogP contribution in [0.4, 0.5) is 13.2 Å². The molecule has 1 aromatic heterocycles. The van der Waals surface area contributed by atoms with E-state index in [9.17, 15) is 32.9 Å². The van der Waals surface area contributed by atoms with Gasteiger partial charge in [-0.25, -0.2) is 4.79 Å². The molecular formula is C24H28F3N3O4S. The summed E-state index contributed by atoms with van der Waals surface area (Å²) in [6, 6.07) is 7.04. The van der Waals surface area contributed by atoms with Gasteiger partial charge in [0.15, 0.2) is 5.75 Å². The summed E-state index contributed by atoms with van der Waals surface area (Å²) >= 11 is -2.01. The van der Waals surface area contributed by atoms with E-state index in [1.165, 1.54) is 18.2 Å². The monoisotopic (exact) mass is 511 g/mol. The molecule has 11 heteroatoms. The van der Waals surface area contributed by atoms with Crippen LogP contribution in [0.3, 0.4) is 0 Å². The van der Waals surface area contributed by atoms with Crippen molar-refractivity contribution in [3.8, 4) is 23.1 Å². The van der Waals surface area contributed by atoms with Crippen molar-refractivity contribution in [1.82, 2.24) is 9.29 Å². The minimum absolute atomic E-state index is 0.0570. The molecule has 1 fully saturated rings. The van der Waals surface area contributed by atoms with Crippen LogP contribution in [0.2, 0.25) is 0 Å². The molecule has 1 saturated carbocycles. The Morgan fingerprint density at radius 3 is 2.46 bits per heavy atom. The maximum Gasteiger partial charge on any atom is 0.573 e. The van der Waals surface area contributed by atoms with Crippen molar-refractivity contribution < 1.29 is 32.4 Å². The molecule has 1 aliphatic carbocycles. The lowest BCUT2D eigenvalue weighted by Gasteiger charge is -2.24. The number of nitrogens with zero attached hydrogens (tertiary/aromatic N) is 2. The molecule has 35 heavy (non-hydrogen) atoms. The van der Waals surface area contributed by atoms with E-state index in [2.05, 4.69) is 9.46 Å². The van der Waals surface area contributed by atoms with Gasteiger partial charge in [0.2, 0.25) is 4.90 Å². The summed E-state index contributed by atoms with van der Waals surface area (Å²) in [4.78, 5) is 11.6. The molecule has 0 bridgehead atoms. The average molecular weight is 512 g/mol. The number of alkyl halides is 3. The number of halogens is 3. The number of hydrogen-bond acceptors (Lipinski definition) is 5. The zero-order valence-corrected chi connectivity index (χ0v) is 20.6. The van der Waals surface area contributed by atoms with Crippen LogP contribution in [0.15, 0.2) is 29.2 Å². The lowest BCUT2D eigenvalue weighted by molar-refractivity contribution is -0.275. The van der Waals surface area contributed by atoms with Crippen LogP contribution in [0.5, 0.6) is 5.75 Å². The first-order valence-corrected chi connectivity index (χ1v) is 12.4. The number of carboxylic acid groups (broad SMARTS) is 1. The number of benzene rings is 1. The number of aromatic carboxylic acids is 1. The third kappa shape index (κ3) is 6.93. The molecule has 190 valence electrons. The van der Waals surface area contributed by atoms with Gasteiger partial charge in [0.25, 0.3) is 0 Å². The number of carbonyl (C=O) groups is 1. The number of carboxylic acids is 1. The smallest absolute Gasteiger partial charge is 0.573 e. The number of nitriles is 1. The lowest BCUT2D eigenvalue weighted by Crippen LogP contribution is -2.40. The lowest BCUT2D eigenvalue weighted by atomic mass is 9.89. The summed E-state index contributed by atoms with van der Waals surface area (Å²) in [5.41, 5.74) is -0.415. The van der Waals surface area contributed by atoms with E-state index in [0.29, 0.717) is 6.54 Å². The second kappa shape index (κ2) is 10.5. The normalized spacial score (nSPS) is 16.1. The molecule has 7 nitrogen and oxygen atoms in total. The quantitative estimate of drug-likeness (QED) is 0.467. The molecule has 0 aliphatic heterocycles. The molecule has 2 N–H and O–H groups in total. The topological polar surface area (TPSA) is 110 Å². The molecule has 1 aliphatic rings. The fourth-order valence-corrected chi connectivity index (χ4v) is 5.39. The predicted molar refractivity (Wildman–Crippen MR) is 124 cm³/mol. The molecular weight excluding hydrogens is 483 g/mol. The molecule has 0 radical (unpaired) electrons. The van der Waals surface area contributed by atoms with Crippen LogP contribution in [0.25, 0.3) is 11.3 Å². The van der Waals surface area contributed by atoms with Gasteiger partial charge in [-0.1, -0.05) is 19.3 Å². The van der Waals surface area contributed by atoms with Crippen molar-refractivity contribution in [3.05, 3.63) is 35.5 Å². The number of rotatable bonds is 7. The van der Waals surface area contributed by atoms with Gasteiger partial charge < -0.3 is 19.0 Å². The number of hydrogen-bond donors (Lipinski definition) is 2. The fraction of sp³-hybridized carbons (Fsp3) is 0.500. The molecule has 2 aromatic rings. The number of ether oxygens (including phenoxy) is 1. The van der Waals surface area contributed by atoms with Crippen LogP contribution in [0, 0.1) is 17.2 Å². The first-order chi connectivity index (χ1) is 16.3. The Labute approximate surface area is 205 Å². The van der Waals surface area contributed by atoms with E-state index < -0.39 is 35.0 Å². The highest BCUT2D eigenvalue weighted by atomic mass is 32.2. The van der Waals surface area contributed by atoms with E-state index in [4.69, 9.17) is 0 Å². The Kier molecular flexibility index (Phi) is 8.09. The minimum Gasteiger partial charge on any atom is -0.593 e. The van der Waals surface area contributed by atoms with Gasteiger partial charge in [0.05, 0.1) is 28.2 Å². The van der Waals surface area contributed by atoms with Crippen LogP contribution in [-0.2, 0) is 17.9 Å². The van der Waals surface area contributed by atoms with E-state index in [1.54, 1.807) is 25.3 Å². The largest absolute Gasteiger partial charge is 0.593 e. The van der Waals surface area contributed by atoms with E-state index in [-0.39, 0.29) is 33.3 Å². The Morgan fingerprint density at radius 1 is 1.26 bits per heavy atom. The summed E-state index contributed by atoms with van der Waals surface area (Å²) in [6.07, 6.45) is -0.0274. The molecule has 1 atom stereocenters. The van der Waals surface area contributed by atoms with Gasteiger partial charge in [-0.15, -0.1) is 17.9 Å². The molecule has 3 rings (SSSR count). The van der Waals surface area contributed by atoms with Crippen molar-refractivity contribution in [2.75, 3.05) is 0 Å².